The third kappa shape index (κ3) is 3.99. The summed E-state index contributed by atoms with van der Waals surface area (Å²) < 4.78 is 25.8. The highest BCUT2D eigenvalue weighted by molar-refractivity contribution is 7.89. The number of benzene rings is 1. The van der Waals surface area contributed by atoms with E-state index < -0.39 is 10.0 Å². The summed E-state index contributed by atoms with van der Waals surface area (Å²) in [6.45, 7) is 3.51. The molecule has 0 aliphatic carbocycles. The fraction of sp³-hybridized carbons (Fsp3) is 0.400. The lowest BCUT2D eigenvalue weighted by Crippen LogP contribution is -2.29. The zero-order valence-corrected chi connectivity index (χ0v) is 9.50. The second-order valence-electron chi connectivity index (χ2n) is 2.97. The molecule has 15 heavy (non-hydrogen) atoms. The van der Waals surface area contributed by atoms with E-state index >= 15 is 0 Å². The van der Waals surface area contributed by atoms with Crippen LogP contribution in [0, 0.1) is 0 Å². The van der Waals surface area contributed by atoms with Crippen LogP contribution in [-0.4, -0.2) is 28.1 Å². The van der Waals surface area contributed by atoms with E-state index in [1.165, 1.54) is 0 Å². The fourth-order valence-electron chi connectivity index (χ4n) is 1.10. The standard InChI is InChI=1S/C10H15N2O2S/c1-2-11-8-9-12-15(13,14)10-6-4-3-5-7-10/h3-7,12H,2,8-9H2,1H3. The molecule has 1 aromatic carbocycles. The molecule has 0 unspecified atom stereocenters. The lowest BCUT2D eigenvalue weighted by Gasteiger charge is -2.05. The summed E-state index contributed by atoms with van der Waals surface area (Å²) in [5.74, 6) is 0. The van der Waals surface area contributed by atoms with E-state index in [-0.39, 0.29) is 0 Å². The van der Waals surface area contributed by atoms with Gasteiger partial charge in [0, 0.05) is 19.6 Å². The normalized spacial score (nSPS) is 11.5. The Hall–Kier alpha value is -0.910. The van der Waals surface area contributed by atoms with Crippen LogP contribution in [0.15, 0.2) is 35.2 Å². The van der Waals surface area contributed by atoms with E-state index in [0.717, 1.165) is 0 Å². The molecular formula is C10H15N2O2S. The van der Waals surface area contributed by atoms with E-state index in [4.69, 9.17) is 0 Å². The van der Waals surface area contributed by atoms with Crippen molar-refractivity contribution >= 4 is 10.0 Å². The van der Waals surface area contributed by atoms with Gasteiger partial charge in [-0.3, -0.25) is 0 Å². The van der Waals surface area contributed by atoms with Gasteiger partial charge in [-0.1, -0.05) is 25.1 Å². The van der Waals surface area contributed by atoms with E-state index in [2.05, 4.69) is 10.0 Å². The van der Waals surface area contributed by atoms with E-state index in [0.29, 0.717) is 24.5 Å². The third-order valence-corrected chi connectivity index (χ3v) is 3.32. The Bertz CT molecular complexity index is 376. The summed E-state index contributed by atoms with van der Waals surface area (Å²) in [6, 6.07) is 8.32. The lowest BCUT2D eigenvalue weighted by molar-refractivity contribution is 0.576. The number of nitrogens with one attached hydrogen (secondary N) is 1. The van der Waals surface area contributed by atoms with Crippen LogP contribution in [0.4, 0.5) is 0 Å². The zero-order valence-electron chi connectivity index (χ0n) is 8.68. The summed E-state index contributed by atoms with van der Waals surface area (Å²) in [7, 11) is -3.35. The van der Waals surface area contributed by atoms with Crippen molar-refractivity contribution in [3.8, 4) is 0 Å². The molecule has 5 heteroatoms. The first-order chi connectivity index (χ1) is 7.17. The molecule has 0 fully saturated rings. The van der Waals surface area contributed by atoms with Crippen LogP contribution >= 0.6 is 0 Å². The molecule has 1 aromatic rings. The molecule has 1 rings (SSSR count). The number of sulfonamides is 1. The lowest BCUT2D eigenvalue weighted by atomic mass is 10.4. The minimum Gasteiger partial charge on any atom is -0.241 e. The maximum atomic E-state index is 11.6. The average Bonchev–Trinajstić information content (AvgIpc) is 2.26. The smallest absolute Gasteiger partial charge is 0.240 e. The second-order valence-corrected chi connectivity index (χ2v) is 4.74. The first-order valence-electron chi connectivity index (χ1n) is 4.85. The van der Waals surface area contributed by atoms with E-state index in [1.807, 2.05) is 6.92 Å². The Morgan fingerprint density at radius 3 is 2.53 bits per heavy atom. The number of nitrogens with zero attached hydrogens (tertiary/aromatic N) is 1. The summed E-state index contributed by atoms with van der Waals surface area (Å²) in [5, 5.41) is 4.04. The molecule has 0 saturated heterocycles. The Morgan fingerprint density at radius 2 is 1.93 bits per heavy atom. The van der Waals surface area contributed by atoms with Gasteiger partial charge < -0.3 is 0 Å². The molecule has 0 spiro atoms. The van der Waals surface area contributed by atoms with Gasteiger partial charge in [-0.05, 0) is 12.1 Å². The maximum Gasteiger partial charge on any atom is 0.240 e. The van der Waals surface area contributed by atoms with Crippen molar-refractivity contribution in [2.24, 2.45) is 0 Å². The first-order valence-corrected chi connectivity index (χ1v) is 6.33. The minimum absolute atomic E-state index is 0.293. The molecule has 0 bridgehead atoms. The van der Waals surface area contributed by atoms with Crippen molar-refractivity contribution in [2.45, 2.75) is 11.8 Å². The van der Waals surface area contributed by atoms with Crippen molar-refractivity contribution in [1.82, 2.24) is 10.0 Å². The minimum atomic E-state index is -3.35. The largest absolute Gasteiger partial charge is 0.241 e. The number of rotatable bonds is 6. The average molecular weight is 227 g/mol. The molecule has 0 aromatic heterocycles. The highest BCUT2D eigenvalue weighted by atomic mass is 32.2. The van der Waals surface area contributed by atoms with Gasteiger partial charge in [0.2, 0.25) is 10.0 Å². The van der Waals surface area contributed by atoms with E-state index in [1.54, 1.807) is 30.3 Å². The summed E-state index contributed by atoms with van der Waals surface area (Å²) >= 11 is 0. The molecule has 4 nitrogen and oxygen atoms in total. The molecule has 0 saturated carbocycles. The van der Waals surface area contributed by atoms with Crippen molar-refractivity contribution in [1.29, 1.82) is 0 Å². The molecule has 1 radical (unpaired) electrons. The van der Waals surface area contributed by atoms with Crippen LogP contribution in [0.5, 0.6) is 0 Å². The summed E-state index contributed by atoms with van der Waals surface area (Å²) in [6.07, 6.45) is 0. The fourth-order valence-corrected chi connectivity index (χ4v) is 2.14. The topological polar surface area (TPSA) is 60.3 Å². The Kier molecular flexibility index (Phi) is 4.74. The van der Waals surface area contributed by atoms with Gasteiger partial charge >= 0.3 is 0 Å². The van der Waals surface area contributed by atoms with Gasteiger partial charge in [0.1, 0.15) is 0 Å². The van der Waals surface area contributed by atoms with Crippen LogP contribution in [-0.2, 0) is 10.0 Å². The second kappa shape index (κ2) is 5.85. The molecule has 0 aliphatic rings. The van der Waals surface area contributed by atoms with Crippen molar-refractivity contribution < 1.29 is 8.42 Å². The van der Waals surface area contributed by atoms with Crippen molar-refractivity contribution in [3.05, 3.63) is 30.3 Å². The molecule has 0 aliphatic heterocycles. The Balaban J connectivity index is 2.53. The summed E-state index contributed by atoms with van der Waals surface area (Å²) in [5.41, 5.74) is 0. The quantitative estimate of drug-likeness (QED) is 0.723. The highest BCUT2D eigenvalue weighted by Crippen LogP contribution is 2.06. The first kappa shape index (κ1) is 12.2. The van der Waals surface area contributed by atoms with Crippen molar-refractivity contribution in [3.63, 3.8) is 0 Å². The van der Waals surface area contributed by atoms with Gasteiger partial charge in [-0.25, -0.2) is 18.5 Å². The van der Waals surface area contributed by atoms with Crippen LogP contribution < -0.4 is 10.0 Å². The van der Waals surface area contributed by atoms with Gasteiger partial charge in [-0.2, -0.15) is 0 Å². The van der Waals surface area contributed by atoms with Crippen LogP contribution in [0.2, 0.25) is 0 Å². The summed E-state index contributed by atoms with van der Waals surface area (Å²) in [4.78, 5) is 0.293. The molecule has 83 valence electrons. The molecule has 0 atom stereocenters. The highest BCUT2D eigenvalue weighted by Gasteiger charge is 2.11. The molecule has 0 heterocycles. The molecule has 0 amide bonds. The predicted molar refractivity (Wildman–Crippen MR) is 59.2 cm³/mol. The third-order valence-electron chi connectivity index (χ3n) is 1.84. The van der Waals surface area contributed by atoms with Gasteiger partial charge in [0.05, 0.1) is 4.90 Å². The molecular weight excluding hydrogens is 212 g/mol. The Morgan fingerprint density at radius 1 is 1.27 bits per heavy atom. The van der Waals surface area contributed by atoms with Gasteiger partial charge in [0.25, 0.3) is 0 Å². The Labute approximate surface area is 90.8 Å². The zero-order chi connectivity index (χ0) is 11.1. The number of hydrogen-bond acceptors (Lipinski definition) is 2. The molecule has 1 N–H and O–H groups in total. The SMILES string of the molecule is CC[N]CCNS(=O)(=O)c1ccccc1. The predicted octanol–water partition coefficient (Wildman–Crippen LogP) is 0.589. The van der Waals surface area contributed by atoms with Crippen LogP contribution in [0.3, 0.4) is 0 Å². The van der Waals surface area contributed by atoms with E-state index in [9.17, 15) is 8.42 Å². The number of hydrogen-bond donors (Lipinski definition) is 1. The number of likely N-dealkylation sites (N-methyl/N-ethyl adjacent to an activating group) is 1. The van der Waals surface area contributed by atoms with Crippen molar-refractivity contribution in [2.75, 3.05) is 19.6 Å². The van der Waals surface area contributed by atoms with Crippen LogP contribution in [0.1, 0.15) is 6.92 Å². The van der Waals surface area contributed by atoms with Gasteiger partial charge in [0.15, 0.2) is 0 Å². The van der Waals surface area contributed by atoms with Gasteiger partial charge in [-0.15, -0.1) is 0 Å². The monoisotopic (exact) mass is 227 g/mol. The van der Waals surface area contributed by atoms with Crippen LogP contribution in [0.25, 0.3) is 0 Å². The maximum absolute atomic E-state index is 11.6.